The molecule has 1 fully saturated rings. The topological polar surface area (TPSA) is 94.2 Å². The van der Waals surface area contributed by atoms with Gasteiger partial charge in [-0.05, 0) is 72.8 Å². The number of hydrogen-bond donors (Lipinski definition) is 1. The van der Waals surface area contributed by atoms with E-state index in [-0.39, 0.29) is 11.5 Å². The van der Waals surface area contributed by atoms with Crippen LogP contribution in [0.5, 0.6) is 17.2 Å². The lowest BCUT2D eigenvalue weighted by Crippen LogP contribution is -2.36. The Morgan fingerprint density at radius 2 is 1.79 bits per heavy atom. The zero-order valence-electron chi connectivity index (χ0n) is 21.0. The number of ether oxygens (including phenoxy) is 3. The normalized spacial score (nSPS) is 14.1. The molecule has 39 heavy (non-hydrogen) atoms. The number of hydrogen-bond acceptors (Lipinski definition) is 7. The smallest absolute Gasteiger partial charge is 0.294 e. The molecule has 0 radical (unpaired) electrons. The van der Waals surface area contributed by atoms with E-state index in [2.05, 4.69) is 21.2 Å². The summed E-state index contributed by atoms with van der Waals surface area (Å²) in [6.45, 7) is 2.07. The van der Waals surface area contributed by atoms with E-state index in [0.717, 1.165) is 22.2 Å². The molecule has 3 amide bonds. The number of halogens is 2. The van der Waals surface area contributed by atoms with Crippen molar-refractivity contribution in [1.82, 2.24) is 4.90 Å². The average Bonchev–Trinajstić information content (AvgIpc) is 3.18. The molecule has 4 rings (SSSR count). The van der Waals surface area contributed by atoms with Crippen molar-refractivity contribution in [3.05, 3.63) is 86.2 Å². The summed E-state index contributed by atoms with van der Waals surface area (Å²) >= 11 is 10.5. The lowest BCUT2D eigenvalue weighted by atomic mass is 10.1. The fourth-order valence-electron chi connectivity index (χ4n) is 3.61. The molecule has 8 nitrogen and oxygen atoms in total. The van der Waals surface area contributed by atoms with Crippen LogP contribution in [0.3, 0.4) is 0 Å². The van der Waals surface area contributed by atoms with E-state index >= 15 is 0 Å². The van der Waals surface area contributed by atoms with E-state index in [4.69, 9.17) is 25.8 Å². The maximum absolute atomic E-state index is 13.0. The zero-order chi connectivity index (χ0) is 27.9. The Morgan fingerprint density at radius 1 is 1.08 bits per heavy atom. The molecule has 0 aliphatic carbocycles. The molecule has 3 aromatic carbocycles. The van der Waals surface area contributed by atoms with Crippen molar-refractivity contribution in [3.8, 4) is 17.2 Å². The minimum absolute atomic E-state index is 0.185. The van der Waals surface area contributed by atoms with Crippen molar-refractivity contribution >= 4 is 68.1 Å². The standard InChI is InChI=1S/C28H24BrClN2O6S/c1-3-37-23-12-18(21(29)14-24(23)38-16-17-6-4-5-7-22(17)30)13-25-27(34)32(28(35)39-25)15-26(33)31-19-8-10-20(36-2)11-9-19/h4-14H,3,15-16H2,1-2H3,(H,31,33)/b25-13+. The number of anilines is 1. The first-order valence-corrected chi connectivity index (χ1v) is 13.8. The van der Waals surface area contributed by atoms with Gasteiger partial charge in [-0.2, -0.15) is 0 Å². The highest BCUT2D eigenvalue weighted by molar-refractivity contribution is 9.10. The van der Waals surface area contributed by atoms with Crippen molar-refractivity contribution in [2.24, 2.45) is 0 Å². The van der Waals surface area contributed by atoms with Crippen LogP contribution in [0.25, 0.3) is 6.08 Å². The summed E-state index contributed by atoms with van der Waals surface area (Å²) in [6, 6.07) is 17.6. The zero-order valence-corrected chi connectivity index (χ0v) is 24.2. The number of amides is 3. The highest BCUT2D eigenvalue weighted by atomic mass is 79.9. The highest BCUT2D eigenvalue weighted by Gasteiger charge is 2.36. The van der Waals surface area contributed by atoms with E-state index < -0.39 is 23.6 Å². The summed E-state index contributed by atoms with van der Waals surface area (Å²) in [4.78, 5) is 39.2. The van der Waals surface area contributed by atoms with Crippen LogP contribution in [0.2, 0.25) is 5.02 Å². The van der Waals surface area contributed by atoms with Crippen LogP contribution in [0.4, 0.5) is 10.5 Å². The molecule has 0 saturated carbocycles. The van der Waals surface area contributed by atoms with Gasteiger partial charge < -0.3 is 19.5 Å². The van der Waals surface area contributed by atoms with Crippen molar-refractivity contribution in [2.45, 2.75) is 13.5 Å². The number of benzene rings is 3. The predicted octanol–water partition coefficient (Wildman–Crippen LogP) is 6.76. The van der Waals surface area contributed by atoms with Crippen molar-refractivity contribution < 1.29 is 28.6 Å². The van der Waals surface area contributed by atoms with Crippen LogP contribution >= 0.6 is 39.3 Å². The Hall–Kier alpha value is -3.47. The van der Waals surface area contributed by atoms with Crippen LogP contribution in [0, 0.1) is 0 Å². The molecule has 1 heterocycles. The number of nitrogens with zero attached hydrogens (tertiary/aromatic N) is 1. The van der Waals surface area contributed by atoms with Crippen molar-refractivity contribution in [2.75, 3.05) is 25.6 Å². The lowest BCUT2D eigenvalue weighted by molar-refractivity contribution is -0.127. The first kappa shape index (κ1) is 28.5. The molecule has 0 bridgehead atoms. The first-order valence-electron chi connectivity index (χ1n) is 11.8. The fourth-order valence-corrected chi connectivity index (χ4v) is 5.07. The average molecular weight is 632 g/mol. The van der Waals surface area contributed by atoms with Crippen LogP contribution in [-0.2, 0) is 16.2 Å². The molecule has 202 valence electrons. The van der Waals surface area contributed by atoms with Crippen LogP contribution in [0.15, 0.2) is 70.0 Å². The first-order chi connectivity index (χ1) is 18.8. The number of rotatable bonds is 10. The SMILES string of the molecule is CCOc1cc(/C=C2/SC(=O)N(CC(=O)Nc3ccc(OC)cc3)C2=O)c(Br)cc1OCc1ccccc1Cl. The van der Waals surface area contributed by atoms with Crippen molar-refractivity contribution in [3.63, 3.8) is 0 Å². The van der Waals surface area contributed by atoms with Gasteiger partial charge in [0.05, 0.1) is 18.6 Å². The maximum Gasteiger partial charge on any atom is 0.294 e. The third kappa shape index (κ3) is 7.14. The molecule has 1 saturated heterocycles. The van der Waals surface area contributed by atoms with Crippen molar-refractivity contribution in [1.29, 1.82) is 0 Å². The van der Waals surface area contributed by atoms with E-state index in [1.807, 2.05) is 25.1 Å². The molecule has 0 aromatic heterocycles. The number of thioether (sulfide) groups is 1. The fraction of sp³-hybridized carbons (Fsp3) is 0.179. The number of imide groups is 1. The molecule has 1 aliphatic heterocycles. The van der Waals surface area contributed by atoms with Crippen LogP contribution < -0.4 is 19.5 Å². The molecule has 1 aliphatic rings. The second-order valence-electron chi connectivity index (χ2n) is 8.18. The maximum atomic E-state index is 13.0. The number of carbonyl (C=O) groups excluding carboxylic acids is 3. The van der Waals surface area contributed by atoms with E-state index in [9.17, 15) is 14.4 Å². The van der Waals surface area contributed by atoms with Gasteiger partial charge in [0.25, 0.3) is 11.1 Å². The third-order valence-corrected chi connectivity index (χ3v) is 7.50. The van der Waals surface area contributed by atoms with Gasteiger partial charge in [0.2, 0.25) is 5.91 Å². The summed E-state index contributed by atoms with van der Waals surface area (Å²) in [5.41, 5.74) is 1.95. The highest BCUT2D eigenvalue weighted by Crippen LogP contribution is 2.38. The van der Waals surface area contributed by atoms with Gasteiger partial charge in [-0.3, -0.25) is 19.3 Å². The molecule has 11 heteroatoms. The number of nitrogens with one attached hydrogen (secondary N) is 1. The summed E-state index contributed by atoms with van der Waals surface area (Å²) in [5.74, 6) is 0.548. The van der Waals surface area contributed by atoms with Crippen LogP contribution in [0.1, 0.15) is 18.1 Å². The van der Waals surface area contributed by atoms with Gasteiger partial charge in [-0.15, -0.1) is 0 Å². The molecular weight excluding hydrogens is 608 g/mol. The Kier molecular flexibility index (Phi) is 9.55. The molecule has 0 atom stereocenters. The number of methoxy groups -OCH3 is 1. The minimum Gasteiger partial charge on any atom is -0.497 e. The second kappa shape index (κ2) is 13.1. The monoisotopic (exact) mass is 630 g/mol. The third-order valence-electron chi connectivity index (χ3n) is 5.54. The molecule has 3 aromatic rings. The summed E-state index contributed by atoms with van der Waals surface area (Å²) in [6.07, 6.45) is 1.58. The molecular formula is C28H24BrClN2O6S. The van der Waals surface area contributed by atoms with Crippen LogP contribution in [-0.4, -0.2) is 42.2 Å². The predicted molar refractivity (Wildman–Crippen MR) is 155 cm³/mol. The summed E-state index contributed by atoms with van der Waals surface area (Å²) in [7, 11) is 1.54. The molecule has 0 spiro atoms. The largest absolute Gasteiger partial charge is 0.497 e. The Labute approximate surface area is 243 Å². The minimum atomic E-state index is -0.557. The number of carbonyl (C=O) groups is 3. The van der Waals surface area contributed by atoms with E-state index in [1.54, 1.807) is 55.7 Å². The van der Waals surface area contributed by atoms with Gasteiger partial charge in [0.1, 0.15) is 18.9 Å². The summed E-state index contributed by atoms with van der Waals surface area (Å²) in [5, 5.41) is 2.74. The second-order valence-corrected chi connectivity index (χ2v) is 10.4. The summed E-state index contributed by atoms with van der Waals surface area (Å²) < 4.78 is 17.5. The Bertz CT molecular complexity index is 1430. The molecule has 1 N–H and O–H groups in total. The van der Waals surface area contributed by atoms with Gasteiger partial charge >= 0.3 is 0 Å². The van der Waals surface area contributed by atoms with Gasteiger partial charge in [-0.1, -0.05) is 45.7 Å². The van der Waals surface area contributed by atoms with E-state index in [1.165, 1.54) is 0 Å². The Balaban J connectivity index is 1.48. The van der Waals surface area contributed by atoms with Gasteiger partial charge in [0.15, 0.2) is 11.5 Å². The Morgan fingerprint density at radius 3 is 2.49 bits per heavy atom. The van der Waals surface area contributed by atoms with Gasteiger partial charge in [-0.25, -0.2) is 0 Å². The lowest BCUT2D eigenvalue weighted by Gasteiger charge is -2.15. The van der Waals surface area contributed by atoms with E-state index in [0.29, 0.717) is 44.6 Å². The van der Waals surface area contributed by atoms with Gasteiger partial charge in [0, 0.05) is 20.7 Å². The quantitative estimate of drug-likeness (QED) is 0.247. The molecule has 0 unspecified atom stereocenters.